The molecule has 0 saturated heterocycles. The first-order chi connectivity index (χ1) is 7.26. The van der Waals surface area contributed by atoms with Gasteiger partial charge in [-0.05, 0) is 6.42 Å². The largest absolute Gasteiger partial charge is 0.372 e. The Morgan fingerprint density at radius 3 is 2.47 bits per heavy atom. The molecule has 0 unspecified atom stereocenters. The molecule has 0 aromatic heterocycles. The molecule has 86 valence electrons. The Morgan fingerprint density at radius 2 is 1.93 bits per heavy atom. The van der Waals surface area contributed by atoms with E-state index >= 15 is 0 Å². The molecule has 0 heterocycles. The quantitative estimate of drug-likeness (QED) is 0.254. The fourth-order valence-corrected chi connectivity index (χ4v) is 1.34. The topological polar surface area (TPSA) is 62.7 Å². The Morgan fingerprint density at radius 1 is 1.27 bits per heavy atom. The molecule has 0 spiro atoms. The first-order valence-corrected chi connectivity index (χ1v) is 5.49. The summed E-state index contributed by atoms with van der Waals surface area (Å²) in [6.07, 6.45) is 5.95. The molecule has 0 fully saturated rings. The fraction of sp³-hybridized carbons (Fsp3) is 0.818. The van der Waals surface area contributed by atoms with E-state index in [1.54, 1.807) is 0 Å². The van der Waals surface area contributed by atoms with E-state index in [9.17, 15) is 4.79 Å². The third-order valence-electron chi connectivity index (χ3n) is 2.23. The summed E-state index contributed by atoms with van der Waals surface area (Å²) in [6.45, 7) is 2.24. The van der Waals surface area contributed by atoms with E-state index in [1.807, 2.05) is 0 Å². The van der Waals surface area contributed by atoms with Crippen molar-refractivity contribution in [2.45, 2.75) is 45.4 Å². The second kappa shape index (κ2) is 9.56. The minimum absolute atomic E-state index is 0.0876. The molecular weight excluding hydrogens is 192 g/mol. The molecule has 0 aliphatic heterocycles. The van der Waals surface area contributed by atoms with Gasteiger partial charge in [0.1, 0.15) is 0 Å². The summed E-state index contributed by atoms with van der Waals surface area (Å²) in [7, 11) is 1.47. The smallest absolute Gasteiger partial charge is 0.359 e. The van der Waals surface area contributed by atoms with Crippen LogP contribution < -0.4 is 0 Å². The number of rotatable bonds is 9. The van der Waals surface area contributed by atoms with E-state index in [4.69, 9.17) is 10.3 Å². The van der Waals surface area contributed by atoms with Crippen LogP contribution in [0.15, 0.2) is 0 Å². The summed E-state index contributed by atoms with van der Waals surface area (Å²) >= 11 is 0. The zero-order valence-electron chi connectivity index (χ0n) is 9.66. The Labute approximate surface area is 91.2 Å². The van der Waals surface area contributed by atoms with E-state index in [-0.39, 0.29) is 18.1 Å². The highest BCUT2D eigenvalue weighted by Crippen LogP contribution is 2.05. The lowest BCUT2D eigenvalue weighted by atomic mass is 10.1. The number of carbonyl (C=O) groups excluding carboxylic acids is 1. The number of Topliss-reactive ketones (excluding diaryl/α,β-unsaturated/α-hetero) is 1. The lowest BCUT2D eigenvalue weighted by Gasteiger charge is -1.97. The van der Waals surface area contributed by atoms with Gasteiger partial charge in [-0.2, -0.15) is 4.79 Å². The summed E-state index contributed by atoms with van der Waals surface area (Å²) < 4.78 is 4.75. The lowest BCUT2D eigenvalue weighted by Crippen LogP contribution is -2.20. The summed E-state index contributed by atoms with van der Waals surface area (Å²) in [5.74, 6) is -0.115. The maximum absolute atomic E-state index is 11.4. The lowest BCUT2D eigenvalue weighted by molar-refractivity contribution is -0.118. The van der Waals surface area contributed by atoms with E-state index < -0.39 is 0 Å². The van der Waals surface area contributed by atoms with Gasteiger partial charge in [0, 0.05) is 13.5 Å². The van der Waals surface area contributed by atoms with Crippen LogP contribution in [-0.4, -0.2) is 30.0 Å². The van der Waals surface area contributed by atoms with Crippen LogP contribution in [0, 0.1) is 0 Å². The normalized spacial score (nSPS) is 9.73. The number of hydrogen-bond donors (Lipinski definition) is 0. The van der Waals surface area contributed by atoms with Gasteiger partial charge in [0.2, 0.25) is 5.78 Å². The van der Waals surface area contributed by atoms with E-state index in [1.165, 1.54) is 26.4 Å². The molecule has 0 radical (unpaired) electrons. The first-order valence-electron chi connectivity index (χ1n) is 5.49. The predicted molar refractivity (Wildman–Crippen MR) is 58.9 cm³/mol. The fourth-order valence-electron chi connectivity index (χ4n) is 1.34. The van der Waals surface area contributed by atoms with Gasteiger partial charge in [0.25, 0.3) is 0 Å². The minimum Gasteiger partial charge on any atom is -0.372 e. The van der Waals surface area contributed by atoms with Crippen LogP contribution in [0.4, 0.5) is 0 Å². The van der Waals surface area contributed by atoms with Gasteiger partial charge in [0.05, 0.1) is 0 Å². The van der Waals surface area contributed by atoms with E-state index in [2.05, 4.69) is 11.7 Å². The van der Waals surface area contributed by atoms with Crippen LogP contribution in [-0.2, 0) is 9.53 Å². The average Bonchev–Trinajstić information content (AvgIpc) is 2.25. The molecule has 0 atom stereocenters. The van der Waals surface area contributed by atoms with Crippen LogP contribution in [0.1, 0.15) is 45.4 Å². The SMILES string of the molecule is CCCCCCCC(=O)C(COC)=[N+]=[N-]. The van der Waals surface area contributed by atoms with Gasteiger partial charge in [-0.25, -0.2) is 0 Å². The van der Waals surface area contributed by atoms with E-state index in [0.29, 0.717) is 6.42 Å². The Hall–Kier alpha value is -0.990. The Kier molecular flexibility index (Phi) is 8.93. The van der Waals surface area contributed by atoms with Crippen molar-refractivity contribution in [3.63, 3.8) is 0 Å². The number of ketones is 1. The molecule has 0 bridgehead atoms. The van der Waals surface area contributed by atoms with Gasteiger partial charge < -0.3 is 10.3 Å². The second-order valence-electron chi connectivity index (χ2n) is 3.57. The number of unbranched alkanes of at least 4 members (excludes halogenated alkanes) is 4. The summed E-state index contributed by atoms with van der Waals surface area (Å²) in [4.78, 5) is 14.4. The average molecular weight is 212 g/mol. The van der Waals surface area contributed by atoms with Crippen molar-refractivity contribution in [1.82, 2.24) is 0 Å². The molecule has 0 aliphatic rings. The number of hydrogen-bond acceptors (Lipinski definition) is 2. The molecule has 0 amide bonds. The van der Waals surface area contributed by atoms with Gasteiger partial charge in [0.15, 0.2) is 6.61 Å². The molecule has 0 N–H and O–H groups in total. The van der Waals surface area contributed by atoms with Crippen LogP contribution in [0.3, 0.4) is 0 Å². The summed E-state index contributed by atoms with van der Waals surface area (Å²) in [5, 5.41) is 0. The van der Waals surface area contributed by atoms with Crippen molar-refractivity contribution in [3.8, 4) is 0 Å². The van der Waals surface area contributed by atoms with Crippen LogP contribution in [0.25, 0.3) is 5.53 Å². The molecule has 0 aliphatic carbocycles. The Bertz CT molecular complexity index is 233. The molecule has 0 rings (SSSR count). The number of ether oxygens (including phenoxy) is 1. The number of nitrogens with zero attached hydrogens (tertiary/aromatic N) is 2. The van der Waals surface area contributed by atoms with E-state index in [0.717, 1.165) is 12.8 Å². The van der Waals surface area contributed by atoms with Crippen LogP contribution >= 0.6 is 0 Å². The molecule has 4 nitrogen and oxygen atoms in total. The standard InChI is InChI=1S/C11H20N2O2/c1-3-4-5-6-7-8-11(14)10(13-12)9-15-2/h3-9H2,1-2H3. The monoisotopic (exact) mass is 212 g/mol. The minimum atomic E-state index is -0.115. The summed E-state index contributed by atoms with van der Waals surface area (Å²) in [5.41, 5.74) is 8.67. The van der Waals surface area contributed by atoms with Gasteiger partial charge in [-0.1, -0.05) is 32.6 Å². The third-order valence-corrected chi connectivity index (χ3v) is 2.23. The third kappa shape index (κ3) is 7.00. The highest BCUT2D eigenvalue weighted by Gasteiger charge is 2.18. The van der Waals surface area contributed by atoms with Crippen molar-refractivity contribution in [2.75, 3.05) is 13.7 Å². The van der Waals surface area contributed by atoms with Crippen molar-refractivity contribution >= 4 is 11.5 Å². The van der Waals surface area contributed by atoms with Crippen molar-refractivity contribution in [2.24, 2.45) is 0 Å². The van der Waals surface area contributed by atoms with Gasteiger partial charge in [-0.15, -0.1) is 0 Å². The highest BCUT2D eigenvalue weighted by molar-refractivity contribution is 6.38. The maximum atomic E-state index is 11.4. The highest BCUT2D eigenvalue weighted by atomic mass is 16.5. The molecule has 15 heavy (non-hydrogen) atoms. The van der Waals surface area contributed by atoms with Crippen molar-refractivity contribution in [3.05, 3.63) is 5.53 Å². The first kappa shape index (κ1) is 14.0. The van der Waals surface area contributed by atoms with Crippen molar-refractivity contribution < 1.29 is 14.3 Å². The molecule has 0 aromatic rings. The number of carbonyl (C=O) groups is 1. The molecule has 4 heteroatoms. The van der Waals surface area contributed by atoms with Gasteiger partial charge >= 0.3 is 5.71 Å². The van der Waals surface area contributed by atoms with Crippen LogP contribution in [0.5, 0.6) is 0 Å². The molecule has 0 aromatic carbocycles. The second-order valence-corrected chi connectivity index (χ2v) is 3.57. The number of methoxy groups -OCH3 is 1. The van der Waals surface area contributed by atoms with Crippen LogP contribution in [0.2, 0.25) is 0 Å². The predicted octanol–water partition coefficient (Wildman–Crippen LogP) is 2.23. The Balaban J connectivity index is 3.68. The molecule has 0 saturated carbocycles. The van der Waals surface area contributed by atoms with Gasteiger partial charge in [-0.3, -0.25) is 4.79 Å². The summed E-state index contributed by atoms with van der Waals surface area (Å²) in [6, 6.07) is 0. The van der Waals surface area contributed by atoms with Crippen molar-refractivity contribution in [1.29, 1.82) is 0 Å². The zero-order valence-corrected chi connectivity index (χ0v) is 9.66. The molecular formula is C11H20N2O2. The zero-order chi connectivity index (χ0) is 11.5. The maximum Gasteiger partial charge on any atom is 0.359 e.